The van der Waals surface area contributed by atoms with E-state index in [2.05, 4.69) is 26.0 Å². The number of aliphatic hydroxyl groups excluding tert-OH is 2. The molecule has 4 atom stereocenters. The van der Waals surface area contributed by atoms with Gasteiger partial charge in [-0.1, -0.05) is 38.1 Å². The number of rotatable bonds is 9. The Hall–Kier alpha value is -2.64. The summed E-state index contributed by atoms with van der Waals surface area (Å²) in [6, 6.07) is 23.3. The Kier molecular flexibility index (Phi) is 7.73. The highest BCUT2D eigenvalue weighted by Gasteiger charge is 2.23. The average Bonchev–Trinajstić information content (AvgIpc) is 3.58. The molecule has 0 aliphatic carbocycles. The Balaban J connectivity index is 1.46. The molecule has 0 aliphatic rings. The first kappa shape index (κ1) is 24.5. The van der Waals surface area contributed by atoms with E-state index in [1.54, 1.807) is 36.9 Å². The zero-order valence-electron chi connectivity index (χ0n) is 19.8. The SMILES string of the molecule is COc1ccc(C(O)c2ccc(C(C)C(C)c3ccc(C(O)c4ccc(OC)cc4)s3)s2)cc1. The van der Waals surface area contributed by atoms with Gasteiger partial charge in [0.25, 0.3) is 0 Å². The molecule has 6 heteroatoms. The van der Waals surface area contributed by atoms with E-state index in [1.165, 1.54) is 9.75 Å². The fourth-order valence-electron chi connectivity index (χ4n) is 3.91. The molecule has 4 rings (SSSR count). The molecule has 2 N–H and O–H groups in total. The summed E-state index contributed by atoms with van der Waals surface area (Å²) in [6.45, 7) is 4.44. The first-order valence-electron chi connectivity index (χ1n) is 11.2. The molecular formula is C28H30O4S2. The fraction of sp³-hybridized carbons (Fsp3) is 0.286. The molecule has 4 aromatic rings. The molecular weight excluding hydrogens is 464 g/mol. The van der Waals surface area contributed by atoms with Crippen molar-refractivity contribution in [3.05, 3.63) is 103 Å². The molecule has 4 unspecified atom stereocenters. The van der Waals surface area contributed by atoms with Crippen molar-refractivity contribution >= 4 is 22.7 Å². The van der Waals surface area contributed by atoms with Crippen LogP contribution in [-0.2, 0) is 0 Å². The highest BCUT2D eigenvalue weighted by atomic mass is 32.1. The van der Waals surface area contributed by atoms with E-state index in [-0.39, 0.29) is 11.8 Å². The fourth-order valence-corrected chi connectivity index (χ4v) is 6.28. The predicted octanol–water partition coefficient (Wildman–Crippen LogP) is 6.90. The first-order chi connectivity index (χ1) is 16.4. The van der Waals surface area contributed by atoms with Gasteiger partial charge in [-0.05, 0) is 71.5 Å². The van der Waals surface area contributed by atoms with E-state index >= 15 is 0 Å². The van der Waals surface area contributed by atoms with E-state index in [9.17, 15) is 10.2 Å². The Morgan fingerprint density at radius 1 is 0.529 bits per heavy atom. The van der Waals surface area contributed by atoms with Crippen LogP contribution in [0.15, 0.2) is 72.8 Å². The van der Waals surface area contributed by atoms with Crippen molar-refractivity contribution in [1.82, 2.24) is 0 Å². The summed E-state index contributed by atoms with van der Waals surface area (Å²) < 4.78 is 10.4. The van der Waals surface area contributed by atoms with Gasteiger partial charge in [0.05, 0.1) is 14.2 Å². The van der Waals surface area contributed by atoms with Gasteiger partial charge in [0.15, 0.2) is 0 Å². The van der Waals surface area contributed by atoms with Gasteiger partial charge in [-0.25, -0.2) is 0 Å². The van der Waals surface area contributed by atoms with Gasteiger partial charge in [0.2, 0.25) is 0 Å². The second kappa shape index (κ2) is 10.7. The molecule has 2 aromatic carbocycles. The molecule has 0 amide bonds. The lowest BCUT2D eigenvalue weighted by atomic mass is 9.93. The van der Waals surface area contributed by atoms with E-state index in [0.29, 0.717) is 0 Å². The lowest BCUT2D eigenvalue weighted by Crippen LogP contribution is -2.01. The molecule has 2 heterocycles. The van der Waals surface area contributed by atoms with Gasteiger partial charge >= 0.3 is 0 Å². The minimum atomic E-state index is -0.653. The lowest BCUT2D eigenvalue weighted by Gasteiger charge is -2.18. The molecule has 4 nitrogen and oxygen atoms in total. The van der Waals surface area contributed by atoms with Gasteiger partial charge in [-0.3, -0.25) is 0 Å². The number of thiophene rings is 2. The van der Waals surface area contributed by atoms with Crippen molar-refractivity contribution < 1.29 is 19.7 Å². The van der Waals surface area contributed by atoms with Crippen molar-refractivity contribution in [3.8, 4) is 11.5 Å². The highest BCUT2D eigenvalue weighted by molar-refractivity contribution is 7.12. The van der Waals surface area contributed by atoms with Crippen LogP contribution in [0.25, 0.3) is 0 Å². The van der Waals surface area contributed by atoms with Crippen molar-refractivity contribution in [2.45, 2.75) is 37.9 Å². The normalized spacial score (nSPS) is 14.9. The molecule has 0 fully saturated rings. The Labute approximate surface area is 209 Å². The van der Waals surface area contributed by atoms with Crippen molar-refractivity contribution in [2.75, 3.05) is 14.2 Å². The van der Waals surface area contributed by atoms with Gasteiger partial charge in [-0.2, -0.15) is 0 Å². The summed E-state index contributed by atoms with van der Waals surface area (Å²) in [6.07, 6.45) is -1.31. The summed E-state index contributed by atoms with van der Waals surface area (Å²) in [5.74, 6) is 2.12. The molecule has 0 aliphatic heterocycles. The topological polar surface area (TPSA) is 58.9 Å². The molecule has 0 bridgehead atoms. The van der Waals surface area contributed by atoms with Crippen LogP contribution in [0.2, 0.25) is 0 Å². The van der Waals surface area contributed by atoms with E-state index in [0.717, 1.165) is 32.4 Å². The summed E-state index contributed by atoms with van der Waals surface area (Å²) in [7, 11) is 3.27. The first-order valence-corrected chi connectivity index (χ1v) is 12.9. The molecule has 2 aromatic heterocycles. The van der Waals surface area contributed by atoms with Crippen LogP contribution >= 0.6 is 22.7 Å². The Morgan fingerprint density at radius 2 is 0.853 bits per heavy atom. The third-order valence-corrected chi connectivity index (χ3v) is 9.02. The van der Waals surface area contributed by atoms with Crippen LogP contribution in [0, 0.1) is 0 Å². The van der Waals surface area contributed by atoms with Crippen molar-refractivity contribution in [3.63, 3.8) is 0 Å². The van der Waals surface area contributed by atoms with Gasteiger partial charge in [-0.15, -0.1) is 22.7 Å². The summed E-state index contributed by atoms with van der Waals surface area (Å²) in [5.41, 5.74) is 1.70. The summed E-state index contributed by atoms with van der Waals surface area (Å²) >= 11 is 3.30. The number of methoxy groups -OCH3 is 2. The van der Waals surface area contributed by atoms with Crippen molar-refractivity contribution in [1.29, 1.82) is 0 Å². The number of aliphatic hydroxyl groups is 2. The van der Waals surface area contributed by atoms with Gasteiger partial charge in [0.1, 0.15) is 23.7 Å². The monoisotopic (exact) mass is 494 g/mol. The zero-order valence-corrected chi connectivity index (χ0v) is 21.4. The van der Waals surface area contributed by atoms with Gasteiger partial charge < -0.3 is 19.7 Å². The van der Waals surface area contributed by atoms with Crippen molar-refractivity contribution in [2.24, 2.45) is 0 Å². The maximum atomic E-state index is 10.8. The van der Waals surface area contributed by atoms with Gasteiger partial charge in [0, 0.05) is 19.5 Å². The smallest absolute Gasteiger partial charge is 0.118 e. The third kappa shape index (κ3) is 5.20. The minimum Gasteiger partial charge on any atom is -0.497 e. The van der Waals surface area contributed by atoms with Crippen LogP contribution in [0.5, 0.6) is 11.5 Å². The third-order valence-electron chi connectivity index (χ3n) is 6.34. The van der Waals surface area contributed by atoms with E-state index < -0.39 is 12.2 Å². The van der Waals surface area contributed by atoms with Crippen LogP contribution in [-0.4, -0.2) is 24.4 Å². The number of hydrogen-bond donors (Lipinski definition) is 2. The quantitative estimate of drug-likeness (QED) is 0.266. The average molecular weight is 495 g/mol. The van der Waals surface area contributed by atoms with E-state index in [4.69, 9.17) is 9.47 Å². The highest BCUT2D eigenvalue weighted by Crippen LogP contribution is 2.42. The second-order valence-electron chi connectivity index (χ2n) is 8.41. The number of ether oxygens (including phenoxy) is 2. The molecule has 0 spiro atoms. The Bertz CT molecular complexity index is 1100. The van der Waals surface area contributed by atoms with Crippen LogP contribution in [0.4, 0.5) is 0 Å². The second-order valence-corrected chi connectivity index (χ2v) is 10.7. The van der Waals surface area contributed by atoms with Crippen LogP contribution in [0.3, 0.4) is 0 Å². The largest absolute Gasteiger partial charge is 0.497 e. The maximum absolute atomic E-state index is 10.8. The minimum absolute atomic E-state index is 0.284. The molecule has 178 valence electrons. The van der Waals surface area contributed by atoms with Crippen LogP contribution in [0.1, 0.15) is 68.5 Å². The predicted molar refractivity (Wildman–Crippen MR) is 140 cm³/mol. The standard InChI is InChI=1S/C28H30O4S2/c1-17(23-13-15-25(33-23)27(29)19-5-9-21(31-3)10-6-19)18(2)24-14-16-26(34-24)28(30)20-7-11-22(32-4)12-8-20/h5-18,27-30H,1-4H3. The zero-order chi connectivity index (χ0) is 24.2. The summed E-state index contributed by atoms with van der Waals surface area (Å²) in [5, 5.41) is 21.7. The maximum Gasteiger partial charge on any atom is 0.118 e. The Morgan fingerprint density at radius 3 is 1.18 bits per heavy atom. The van der Waals surface area contributed by atoms with Crippen LogP contribution < -0.4 is 9.47 Å². The number of benzene rings is 2. The molecule has 0 radical (unpaired) electrons. The molecule has 0 saturated heterocycles. The molecule has 34 heavy (non-hydrogen) atoms. The van der Waals surface area contributed by atoms with E-state index in [1.807, 2.05) is 60.7 Å². The molecule has 0 saturated carbocycles. The summed E-state index contributed by atoms with van der Waals surface area (Å²) in [4.78, 5) is 4.34. The number of hydrogen-bond acceptors (Lipinski definition) is 6. The lowest BCUT2D eigenvalue weighted by molar-refractivity contribution is 0.223.